The van der Waals surface area contributed by atoms with Crippen molar-refractivity contribution in [1.82, 2.24) is 5.32 Å². The quantitative estimate of drug-likeness (QED) is 0.828. The predicted molar refractivity (Wildman–Crippen MR) is 69.3 cm³/mol. The normalized spacial score (nSPS) is 16.1. The Balaban J connectivity index is 1.96. The van der Waals surface area contributed by atoms with Crippen LogP contribution < -0.4 is 5.32 Å². The fourth-order valence-corrected chi connectivity index (χ4v) is 2.01. The lowest BCUT2D eigenvalue weighted by Gasteiger charge is -2.07. The maximum absolute atomic E-state index is 11.9. The number of carbonyl (C=O) groups is 2. The van der Waals surface area contributed by atoms with Crippen LogP contribution in [-0.4, -0.2) is 23.5 Å². The van der Waals surface area contributed by atoms with E-state index in [0.29, 0.717) is 24.1 Å². The minimum Gasteiger partial charge on any atom is -0.478 e. The minimum absolute atomic E-state index is 0.0711. The van der Waals surface area contributed by atoms with Gasteiger partial charge in [0.15, 0.2) is 5.76 Å². The molecule has 1 saturated carbocycles. The van der Waals surface area contributed by atoms with Crippen LogP contribution in [-0.2, 0) is 6.42 Å². The Labute approximate surface area is 112 Å². The average Bonchev–Trinajstić information content (AvgIpc) is 2.94. The molecule has 1 aliphatic rings. The predicted octanol–water partition coefficient (Wildman–Crippen LogP) is 2.46. The van der Waals surface area contributed by atoms with Gasteiger partial charge < -0.3 is 14.8 Å². The monoisotopic (exact) mass is 265 g/mol. The van der Waals surface area contributed by atoms with Gasteiger partial charge in [0.1, 0.15) is 11.3 Å². The standard InChI is InChI=1S/C14H19NO4/c1-3-10-9(13(17)18)8-11(19-10)12(16)15-7-6-14(2)4-5-14/h8H,3-7H2,1-2H3,(H,15,16)(H,17,18). The molecular weight excluding hydrogens is 246 g/mol. The molecular formula is C14H19NO4. The molecule has 1 aliphatic carbocycles. The summed E-state index contributed by atoms with van der Waals surface area (Å²) < 4.78 is 5.29. The second-order valence-electron chi connectivity index (χ2n) is 5.42. The van der Waals surface area contributed by atoms with E-state index in [1.165, 1.54) is 18.9 Å². The van der Waals surface area contributed by atoms with Crippen LogP contribution in [0.5, 0.6) is 0 Å². The fourth-order valence-electron chi connectivity index (χ4n) is 2.01. The Hall–Kier alpha value is -1.78. The topological polar surface area (TPSA) is 79.5 Å². The molecule has 0 aliphatic heterocycles. The number of hydrogen-bond acceptors (Lipinski definition) is 3. The van der Waals surface area contributed by atoms with Gasteiger partial charge in [-0.15, -0.1) is 0 Å². The van der Waals surface area contributed by atoms with Crippen molar-refractivity contribution >= 4 is 11.9 Å². The summed E-state index contributed by atoms with van der Waals surface area (Å²) >= 11 is 0. The molecule has 1 amide bonds. The first kappa shape index (κ1) is 13.6. The molecule has 1 aromatic rings. The van der Waals surface area contributed by atoms with E-state index in [4.69, 9.17) is 9.52 Å². The number of carboxylic acids is 1. The van der Waals surface area contributed by atoms with Crippen LogP contribution in [0.2, 0.25) is 0 Å². The number of rotatable bonds is 6. The van der Waals surface area contributed by atoms with E-state index in [1.54, 1.807) is 6.92 Å². The second-order valence-corrected chi connectivity index (χ2v) is 5.42. The third-order valence-electron chi connectivity index (χ3n) is 3.70. The van der Waals surface area contributed by atoms with Crippen molar-refractivity contribution < 1.29 is 19.1 Å². The number of aryl methyl sites for hydroxylation is 1. The van der Waals surface area contributed by atoms with Crippen molar-refractivity contribution in [2.45, 2.75) is 39.5 Å². The Kier molecular flexibility index (Phi) is 3.64. The highest BCUT2D eigenvalue weighted by atomic mass is 16.4. The van der Waals surface area contributed by atoms with E-state index in [9.17, 15) is 9.59 Å². The molecule has 5 heteroatoms. The summed E-state index contributed by atoms with van der Waals surface area (Å²) in [6.07, 6.45) is 3.83. The first-order valence-electron chi connectivity index (χ1n) is 6.59. The lowest BCUT2D eigenvalue weighted by atomic mass is 10.1. The van der Waals surface area contributed by atoms with E-state index in [0.717, 1.165) is 6.42 Å². The molecule has 1 heterocycles. The molecule has 0 bridgehead atoms. The molecule has 2 rings (SSSR count). The maximum atomic E-state index is 11.9. The van der Waals surface area contributed by atoms with Gasteiger partial charge in [-0.05, 0) is 24.7 Å². The zero-order valence-electron chi connectivity index (χ0n) is 11.3. The van der Waals surface area contributed by atoms with Crippen LogP contribution in [0, 0.1) is 5.41 Å². The van der Waals surface area contributed by atoms with Crippen molar-refractivity contribution in [2.24, 2.45) is 5.41 Å². The van der Waals surface area contributed by atoms with Crippen LogP contribution in [0.1, 0.15) is 59.8 Å². The Morgan fingerprint density at radius 1 is 1.47 bits per heavy atom. The van der Waals surface area contributed by atoms with Gasteiger partial charge >= 0.3 is 5.97 Å². The summed E-state index contributed by atoms with van der Waals surface area (Å²) in [5.41, 5.74) is 0.457. The van der Waals surface area contributed by atoms with Crippen molar-refractivity contribution in [3.05, 3.63) is 23.2 Å². The summed E-state index contributed by atoms with van der Waals surface area (Å²) in [5, 5.41) is 11.8. The van der Waals surface area contributed by atoms with E-state index >= 15 is 0 Å². The van der Waals surface area contributed by atoms with Crippen LogP contribution in [0.25, 0.3) is 0 Å². The number of amides is 1. The van der Waals surface area contributed by atoms with E-state index in [1.807, 2.05) is 0 Å². The zero-order valence-corrected chi connectivity index (χ0v) is 11.3. The highest BCUT2D eigenvalue weighted by molar-refractivity contribution is 5.96. The zero-order chi connectivity index (χ0) is 14.0. The van der Waals surface area contributed by atoms with Gasteiger partial charge in [0.05, 0.1) is 0 Å². The average molecular weight is 265 g/mol. The van der Waals surface area contributed by atoms with E-state index in [2.05, 4.69) is 12.2 Å². The second kappa shape index (κ2) is 5.07. The van der Waals surface area contributed by atoms with Crippen molar-refractivity contribution in [3.8, 4) is 0 Å². The van der Waals surface area contributed by atoms with Crippen LogP contribution in [0.15, 0.2) is 10.5 Å². The molecule has 0 radical (unpaired) electrons. The number of furan rings is 1. The number of hydrogen-bond donors (Lipinski definition) is 2. The Morgan fingerprint density at radius 2 is 2.16 bits per heavy atom. The summed E-state index contributed by atoms with van der Waals surface area (Å²) in [6, 6.07) is 1.30. The highest BCUT2D eigenvalue weighted by Crippen LogP contribution is 2.47. The van der Waals surface area contributed by atoms with Gasteiger partial charge in [0.2, 0.25) is 0 Å². The van der Waals surface area contributed by atoms with Gasteiger partial charge in [-0.2, -0.15) is 0 Å². The molecule has 0 saturated heterocycles. The third kappa shape index (κ3) is 3.16. The molecule has 104 valence electrons. The molecule has 5 nitrogen and oxygen atoms in total. The van der Waals surface area contributed by atoms with Gasteiger partial charge in [-0.3, -0.25) is 4.79 Å². The van der Waals surface area contributed by atoms with Crippen LogP contribution in [0.4, 0.5) is 0 Å². The lowest BCUT2D eigenvalue weighted by molar-refractivity contribution is 0.0694. The summed E-state index contributed by atoms with van der Waals surface area (Å²) in [5.74, 6) is -0.987. The van der Waals surface area contributed by atoms with E-state index < -0.39 is 5.97 Å². The molecule has 1 aromatic heterocycles. The molecule has 0 unspecified atom stereocenters. The Bertz CT molecular complexity index is 500. The van der Waals surface area contributed by atoms with Crippen molar-refractivity contribution in [1.29, 1.82) is 0 Å². The number of nitrogens with one attached hydrogen (secondary N) is 1. The van der Waals surface area contributed by atoms with Gasteiger partial charge in [-0.1, -0.05) is 13.8 Å². The molecule has 19 heavy (non-hydrogen) atoms. The summed E-state index contributed by atoms with van der Waals surface area (Å²) in [4.78, 5) is 22.8. The van der Waals surface area contributed by atoms with Gasteiger partial charge in [0, 0.05) is 19.0 Å². The van der Waals surface area contributed by atoms with Crippen LogP contribution >= 0.6 is 0 Å². The van der Waals surface area contributed by atoms with Crippen molar-refractivity contribution in [2.75, 3.05) is 6.54 Å². The smallest absolute Gasteiger partial charge is 0.339 e. The molecule has 1 fully saturated rings. The lowest BCUT2D eigenvalue weighted by Crippen LogP contribution is -2.25. The van der Waals surface area contributed by atoms with E-state index in [-0.39, 0.29) is 17.2 Å². The molecule has 0 aromatic carbocycles. The fraction of sp³-hybridized carbons (Fsp3) is 0.571. The molecule has 0 atom stereocenters. The number of carbonyl (C=O) groups excluding carboxylic acids is 1. The molecule has 2 N–H and O–H groups in total. The van der Waals surface area contributed by atoms with Crippen molar-refractivity contribution in [3.63, 3.8) is 0 Å². The Morgan fingerprint density at radius 3 is 2.63 bits per heavy atom. The summed E-state index contributed by atoms with van der Waals surface area (Å²) in [6.45, 7) is 4.59. The van der Waals surface area contributed by atoms with Crippen LogP contribution in [0.3, 0.4) is 0 Å². The first-order valence-corrected chi connectivity index (χ1v) is 6.59. The van der Waals surface area contributed by atoms with Gasteiger partial charge in [0.25, 0.3) is 5.91 Å². The third-order valence-corrected chi connectivity index (χ3v) is 3.70. The maximum Gasteiger partial charge on any atom is 0.339 e. The number of aromatic carboxylic acids is 1. The van der Waals surface area contributed by atoms with Gasteiger partial charge in [-0.25, -0.2) is 4.79 Å². The summed E-state index contributed by atoms with van der Waals surface area (Å²) in [7, 11) is 0. The number of carboxylic acid groups (broad SMARTS) is 1. The molecule has 0 spiro atoms. The minimum atomic E-state index is -1.06. The largest absolute Gasteiger partial charge is 0.478 e. The SMILES string of the molecule is CCc1oc(C(=O)NCCC2(C)CC2)cc1C(=O)O. The first-order chi connectivity index (χ1) is 8.95. The highest BCUT2D eigenvalue weighted by Gasteiger charge is 2.36.